The Kier molecular flexibility index (Phi) is 47.0. The molecule has 3 heterocycles. The number of aromatic nitrogens is 1. The summed E-state index contributed by atoms with van der Waals surface area (Å²) >= 11 is 0. The number of rotatable bonds is 28. The Morgan fingerprint density at radius 3 is 1.21 bits per heavy atom. The summed E-state index contributed by atoms with van der Waals surface area (Å²) in [7, 11) is 12.9. The Hall–Kier alpha value is -6.67. The molecular weight excluding hydrogens is 1450 g/mol. The van der Waals surface area contributed by atoms with E-state index in [-0.39, 0.29) is 49.5 Å². The summed E-state index contributed by atoms with van der Waals surface area (Å²) in [4.78, 5) is 16.1. The van der Waals surface area contributed by atoms with Crippen molar-refractivity contribution in [1.29, 1.82) is 0 Å². The summed E-state index contributed by atoms with van der Waals surface area (Å²) in [6.45, 7) is 65.5. The van der Waals surface area contributed by atoms with Gasteiger partial charge in [0.2, 0.25) is 0 Å². The van der Waals surface area contributed by atoms with E-state index in [1.807, 2.05) is 30.5 Å². The average Bonchev–Trinajstić information content (AvgIpc) is 0.967. The first-order chi connectivity index (χ1) is 55.2. The molecule has 2 aliphatic rings. The highest BCUT2D eigenvalue weighted by Crippen LogP contribution is 2.35. The normalized spacial score (nSPS) is 14.8. The summed E-state index contributed by atoms with van der Waals surface area (Å²) in [6.07, 6.45) is 20.6. The number of hydrogen-bond acceptors (Lipinski definition) is 10. The van der Waals surface area contributed by atoms with E-state index >= 15 is 0 Å². The first-order valence-corrected chi connectivity index (χ1v) is 45.5. The summed E-state index contributed by atoms with van der Waals surface area (Å²) < 4.78 is 26.8. The molecule has 2 saturated heterocycles. The Bertz CT molecular complexity index is 3810. The van der Waals surface area contributed by atoms with Crippen LogP contribution in [0.3, 0.4) is 0 Å². The zero-order valence-electron chi connectivity index (χ0n) is 81.0. The van der Waals surface area contributed by atoms with Crippen LogP contribution in [0.15, 0.2) is 158 Å². The van der Waals surface area contributed by atoms with E-state index in [0.29, 0.717) is 0 Å². The van der Waals surface area contributed by atoms with Gasteiger partial charge >= 0.3 is 0 Å². The zero-order valence-corrected chi connectivity index (χ0v) is 81.0. The van der Waals surface area contributed by atoms with Crippen LogP contribution in [0.2, 0.25) is 0 Å². The molecule has 10 nitrogen and oxygen atoms in total. The highest BCUT2D eigenvalue weighted by molar-refractivity contribution is 5.57. The number of likely N-dealkylation sites (tertiary alicyclic amines) is 2. The lowest BCUT2D eigenvalue weighted by Gasteiger charge is -2.32. The van der Waals surface area contributed by atoms with Gasteiger partial charge in [-0.2, -0.15) is 0 Å². The topological polar surface area (TPSA) is 77.2 Å². The third-order valence-corrected chi connectivity index (χ3v) is 22.3. The van der Waals surface area contributed by atoms with Gasteiger partial charge in [0.25, 0.3) is 0 Å². The van der Waals surface area contributed by atoms with Crippen LogP contribution in [-0.4, -0.2) is 156 Å². The van der Waals surface area contributed by atoms with Crippen molar-refractivity contribution in [3.8, 4) is 0 Å². The zero-order chi connectivity index (χ0) is 88.5. The van der Waals surface area contributed by atoms with Crippen molar-refractivity contribution in [2.24, 2.45) is 0 Å². The van der Waals surface area contributed by atoms with Gasteiger partial charge < -0.3 is 45.8 Å². The van der Waals surface area contributed by atoms with E-state index < -0.39 is 0 Å². The maximum Gasteiger partial charge on any atom is 0.125 e. The molecule has 118 heavy (non-hydrogen) atoms. The highest BCUT2D eigenvalue weighted by Gasteiger charge is 2.26. The molecule has 662 valence electrons. The van der Waals surface area contributed by atoms with E-state index in [2.05, 4.69) is 362 Å². The first kappa shape index (κ1) is 106. The van der Waals surface area contributed by atoms with Crippen LogP contribution < -0.4 is 21.3 Å². The minimum atomic E-state index is -0.182. The molecule has 2 atom stereocenters. The minimum absolute atomic E-state index is 0.0254. The maximum absolute atomic E-state index is 13.4. The van der Waals surface area contributed by atoms with Crippen molar-refractivity contribution in [3.63, 3.8) is 0 Å². The lowest BCUT2D eigenvalue weighted by atomic mass is 9.82. The number of benzene rings is 6. The van der Waals surface area contributed by atoms with Crippen LogP contribution >= 0.6 is 0 Å². The third kappa shape index (κ3) is 41.7. The molecule has 0 radical (unpaired) electrons. The fraction of sp³-hybridized carbons (Fsp3) is 0.613. The molecule has 6 aromatic carbocycles. The molecule has 2 fully saturated rings. The molecule has 0 aliphatic carbocycles. The minimum Gasteiger partial charge on any atom is -0.385 e. The highest BCUT2D eigenvalue weighted by atomic mass is 19.1. The number of pyridine rings is 1. The van der Waals surface area contributed by atoms with Crippen molar-refractivity contribution in [2.45, 2.75) is 312 Å². The third-order valence-electron chi connectivity index (χ3n) is 22.3. The fourth-order valence-electron chi connectivity index (χ4n) is 15.5. The molecular formula is C106H174F2N10. The SMILES string of the molecule is CC(C)(C)c1ccccn1.CCCc1ccccc1C(C)(C)C.CCN(CC)CCCc1cc(F)ccc1C(C)(C)C.CN(C)CCCCNc1ccccc1C(C)(C)C.CN(C)CCCNc1cc(F)ccc1C(C)(C)C.CN1CCCC1CCNc1ccccc1C(C)(C)C.CN1CCCCC1CCCNc1ccccc1C(C)(C)C. The van der Waals surface area contributed by atoms with Gasteiger partial charge in [0.15, 0.2) is 0 Å². The van der Waals surface area contributed by atoms with Gasteiger partial charge in [-0.05, 0) is 303 Å². The number of hydrogen-bond donors (Lipinski definition) is 4. The summed E-state index contributed by atoms with van der Waals surface area (Å²) in [5, 5.41) is 14.2. The van der Waals surface area contributed by atoms with Gasteiger partial charge in [0.1, 0.15) is 11.6 Å². The fourth-order valence-corrected chi connectivity index (χ4v) is 15.5. The Balaban J connectivity index is 0.000000359. The molecule has 0 spiro atoms. The van der Waals surface area contributed by atoms with E-state index in [1.165, 1.54) is 159 Å². The molecule has 9 rings (SSSR count). The molecule has 1 aromatic heterocycles. The second kappa shape index (κ2) is 52.6. The standard InChI is InChI=1S/C19H32N2.C17H28FN.C17H28N2.C16H28N2.C15H25FN2.C13H20.C9H13N/c1-19(2,3)17-12-5-6-13-18(17)20-14-9-11-16-10-7-8-15-21(16)4;1-6-19(7-2)12-8-9-14-13-15(18)10-11-16(14)17(3,4)5;1-17(2,3)15-9-5-6-10-16(15)18-12-11-14-8-7-13-19(14)4;1-16(2,3)14-10-6-7-11-15(14)17-12-8-9-13-18(4)5;1-15(2,3)13-8-7-12(16)11-14(13)17-9-6-10-18(4)5;1-5-8-11-9-6-7-10-12(11)13(2,3)4;1-9(2,3)8-6-4-5-7-10-8/h5-6,12-13,16,20H,7-11,14-15H2,1-4H3;10-11,13H,6-9,12H2,1-5H3;5-6,9-10,14,18H,7-8,11-13H2,1-4H3;6-7,10-11,17H,8-9,12-13H2,1-5H3;7-8,11,17H,6,9-10H2,1-5H3;6-7,9-10H,5,8H2,1-4H3;4-7H,1-3H3. The molecule has 0 saturated carbocycles. The van der Waals surface area contributed by atoms with Crippen LogP contribution in [0.1, 0.15) is 300 Å². The van der Waals surface area contributed by atoms with Crippen molar-refractivity contribution < 1.29 is 8.78 Å². The summed E-state index contributed by atoms with van der Waals surface area (Å²) in [5.74, 6) is -0.302. The summed E-state index contributed by atoms with van der Waals surface area (Å²) in [5.41, 5.74) is 18.0. The number of unbranched alkanes of at least 4 members (excludes halogenated alkanes) is 1. The van der Waals surface area contributed by atoms with E-state index in [1.54, 1.807) is 18.2 Å². The Morgan fingerprint density at radius 1 is 0.364 bits per heavy atom. The maximum atomic E-state index is 13.4. The molecule has 0 amide bonds. The van der Waals surface area contributed by atoms with E-state index in [9.17, 15) is 8.78 Å². The molecule has 4 N–H and O–H groups in total. The van der Waals surface area contributed by atoms with E-state index in [0.717, 1.165) is 101 Å². The van der Waals surface area contributed by atoms with Crippen LogP contribution in [-0.2, 0) is 50.7 Å². The van der Waals surface area contributed by atoms with Crippen molar-refractivity contribution in [2.75, 3.05) is 136 Å². The molecule has 7 aromatic rings. The largest absolute Gasteiger partial charge is 0.385 e. The lowest BCUT2D eigenvalue weighted by Crippen LogP contribution is -2.36. The van der Waals surface area contributed by atoms with Gasteiger partial charge in [0, 0.05) is 78.3 Å². The Morgan fingerprint density at radius 2 is 0.763 bits per heavy atom. The summed E-state index contributed by atoms with van der Waals surface area (Å²) in [6, 6.07) is 52.7. The number of halogens is 2. The number of anilines is 4. The van der Waals surface area contributed by atoms with Gasteiger partial charge in [0.05, 0.1) is 0 Å². The number of para-hydroxylation sites is 3. The molecule has 0 bridgehead atoms. The van der Waals surface area contributed by atoms with Gasteiger partial charge in [-0.3, -0.25) is 4.98 Å². The lowest BCUT2D eigenvalue weighted by molar-refractivity contribution is 0.175. The molecule has 2 unspecified atom stereocenters. The van der Waals surface area contributed by atoms with Gasteiger partial charge in [-0.1, -0.05) is 276 Å². The second-order valence-electron chi connectivity index (χ2n) is 40.8. The second-order valence-corrected chi connectivity index (χ2v) is 40.8. The molecule has 2 aliphatic heterocycles. The van der Waals surface area contributed by atoms with Crippen LogP contribution in [0.4, 0.5) is 31.5 Å². The van der Waals surface area contributed by atoms with Crippen molar-refractivity contribution in [1.82, 2.24) is 29.5 Å². The van der Waals surface area contributed by atoms with Gasteiger partial charge in [-0.25, -0.2) is 8.78 Å². The smallest absolute Gasteiger partial charge is 0.125 e. The Labute approximate surface area is 724 Å². The number of piperidine rings is 1. The number of nitrogens with zero attached hydrogens (tertiary/aromatic N) is 6. The quantitative estimate of drug-likeness (QED) is 0.0356. The predicted molar refractivity (Wildman–Crippen MR) is 518 cm³/mol. The number of aryl methyl sites for hydroxylation is 2. The van der Waals surface area contributed by atoms with E-state index in [4.69, 9.17) is 0 Å². The number of nitrogens with one attached hydrogen (secondary N) is 4. The molecule has 12 heteroatoms. The predicted octanol–water partition coefficient (Wildman–Crippen LogP) is 26.5. The van der Waals surface area contributed by atoms with Gasteiger partial charge in [-0.15, -0.1) is 0 Å². The van der Waals surface area contributed by atoms with Crippen molar-refractivity contribution >= 4 is 22.7 Å². The first-order valence-electron chi connectivity index (χ1n) is 45.5. The van der Waals surface area contributed by atoms with Crippen LogP contribution in [0.25, 0.3) is 0 Å². The van der Waals surface area contributed by atoms with Crippen LogP contribution in [0, 0.1) is 11.6 Å². The van der Waals surface area contributed by atoms with Crippen LogP contribution in [0.5, 0.6) is 0 Å². The van der Waals surface area contributed by atoms with Crippen molar-refractivity contribution in [3.05, 3.63) is 220 Å². The monoisotopic (exact) mass is 1630 g/mol. The average molecular weight is 1630 g/mol.